The number of piperidine rings is 1. The summed E-state index contributed by atoms with van der Waals surface area (Å²) in [6.07, 6.45) is 1.59. The van der Waals surface area contributed by atoms with Gasteiger partial charge in [-0.2, -0.15) is 0 Å². The van der Waals surface area contributed by atoms with E-state index < -0.39 is 5.41 Å². The molecule has 1 aromatic rings. The van der Waals surface area contributed by atoms with Crippen molar-refractivity contribution in [2.45, 2.75) is 25.8 Å². The zero-order chi connectivity index (χ0) is 16.9. The van der Waals surface area contributed by atoms with Crippen LogP contribution in [-0.2, 0) is 9.53 Å². The summed E-state index contributed by atoms with van der Waals surface area (Å²) in [4.78, 5) is 12.8. The van der Waals surface area contributed by atoms with E-state index in [1.807, 2.05) is 25.1 Å². The van der Waals surface area contributed by atoms with Gasteiger partial charge < -0.3 is 20.1 Å². The number of carbonyl (C=O) groups is 1. The average molecular weight is 422 g/mol. The second-order valence-corrected chi connectivity index (χ2v) is 6.91. The monoisotopic (exact) mass is 420 g/mol. The first-order valence-electron chi connectivity index (χ1n) is 7.86. The first-order valence-corrected chi connectivity index (χ1v) is 8.66. The minimum atomic E-state index is -0.433. The Morgan fingerprint density at radius 3 is 2.58 bits per heavy atom. The number of nitrogens with one attached hydrogen (secondary N) is 2. The smallest absolute Gasteiger partial charge is 0.229 e. The molecule has 1 aromatic carbocycles. The van der Waals surface area contributed by atoms with E-state index in [0.29, 0.717) is 6.61 Å². The average Bonchev–Trinajstić information content (AvgIpc) is 2.55. The SMILES string of the molecule is COCC1(C(=O)NC(C)c2ccc(OC)c(Br)c2)CCNCC1.Cl. The number of halogens is 2. The molecule has 0 aliphatic carbocycles. The van der Waals surface area contributed by atoms with Gasteiger partial charge >= 0.3 is 0 Å². The molecule has 1 unspecified atom stereocenters. The van der Waals surface area contributed by atoms with Crippen LogP contribution < -0.4 is 15.4 Å². The summed E-state index contributed by atoms with van der Waals surface area (Å²) in [5.41, 5.74) is 0.602. The normalized spacial score (nSPS) is 17.5. The molecule has 1 saturated heterocycles. The number of amides is 1. The third kappa shape index (κ3) is 4.85. The van der Waals surface area contributed by atoms with Gasteiger partial charge in [0.15, 0.2) is 0 Å². The van der Waals surface area contributed by atoms with Crippen molar-refractivity contribution in [1.82, 2.24) is 10.6 Å². The summed E-state index contributed by atoms with van der Waals surface area (Å²) in [6.45, 7) is 4.14. The number of benzene rings is 1. The van der Waals surface area contributed by atoms with E-state index in [4.69, 9.17) is 9.47 Å². The molecule has 0 bridgehead atoms. The lowest BCUT2D eigenvalue weighted by Crippen LogP contribution is -2.50. The van der Waals surface area contributed by atoms with E-state index in [-0.39, 0.29) is 24.4 Å². The van der Waals surface area contributed by atoms with E-state index >= 15 is 0 Å². The van der Waals surface area contributed by atoms with Crippen LogP contribution in [-0.4, -0.2) is 39.8 Å². The van der Waals surface area contributed by atoms with Gasteiger partial charge in [0.2, 0.25) is 5.91 Å². The highest BCUT2D eigenvalue weighted by Crippen LogP contribution is 2.32. The number of carbonyl (C=O) groups excluding carboxylic acids is 1. The van der Waals surface area contributed by atoms with E-state index in [0.717, 1.165) is 41.7 Å². The molecule has 1 heterocycles. The van der Waals surface area contributed by atoms with E-state index in [2.05, 4.69) is 26.6 Å². The van der Waals surface area contributed by atoms with Gasteiger partial charge in [-0.3, -0.25) is 4.79 Å². The van der Waals surface area contributed by atoms with Crippen molar-refractivity contribution in [2.75, 3.05) is 33.9 Å². The van der Waals surface area contributed by atoms with Crippen molar-refractivity contribution in [2.24, 2.45) is 5.41 Å². The van der Waals surface area contributed by atoms with Crippen LogP contribution in [0.25, 0.3) is 0 Å². The van der Waals surface area contributed by atoms with Crippen LogP contribution in [0.15, 0.2) is 22.7 Å². The Morgan fingerprint density at radius 2 is 2.04 bits per heavy atom. The second kappa shape index (κ2) is 9.61. The quantitative estimate of drug-likeness (QED) is 0.741. The lowest BCUT2D eigenvalue weighted by atomic mass is 9.78. The Balaban J connectivity index is 0.00000288. The van der Waals surface area contributed by atoms with Crippen LogP contribution in [0, 0.1) is 5.41 Å². The van der Waals surface area contributed by atoms with Gasteiger partial charge in [-0.25, -0.2) is 0 Å². The highest BCUT2D eigenvalue weighted by Gasteiger charge is 2.40. The first kappa shape index (κ1) is 21.2. The van der Waals surface area contributed by atoms with Gasteiger partial charge in [-0.15, -0.1) is 12.4 Å². The van der Waals surface area contributed by atoms with Crippen LogP contribution in [0.3, 0.4) is 0 Å². The fourth-order valence-electron chi connectivity index (χ4n) is 3.00. The van der Waals surface area contributed by atoms with Crippen LogP contribution >= 0.6 is 28.3 Å². The maximum atomic E-state index is 12.8. The molecule has 1 aliphatic heterocycles. The number of methoxy groups -OCH3 is 2. The number of ether oxygens (including phenoxy) is 2. The Hall–Kier alpha value is -0.820. The van der Waals surface area contributed by atoms with Gasteiger partial charge in [-0.1, -0.05) is 6.07 Å². The molecule has 0 spiro atoms. The molecule has 1 atom stereocenters. The van der Waals surface area contributed by atoms with Crippen molar-refractivity contribution in [3.63, 3.8) is 0 Å². The standard InChI is InChI=1S/C17H25BrN2O3.ClH/c1-12(13-4-5-15(23-3)14(18)10-13)20-16(21)17(11-22-2)6-8-19-9-7-17;/h4-5,10,12,19H,6-9,11H2,1-3H3,(H,20,21);1H. The number of hydrogen-bond donors (Lipinski definition) is 2. The summed E-state index contributed by atoms with van der Waals surface area (Å²) in [5.74, 6) is 0.849. The molecule has 7 heteroatoms. The zero-order valence-electron chi connectivity index (χ0n) is 14.4. The van der Waals surface area contributed by atoms with Gasteiger partial charge in [0.25, 0.3) is 0 Å². The predicted octanol–water partition coefficient (Wildman–Crippen LogP) is 3.07. The van der Waals surface area contributed by atoms with Crippen LogP contribution in [0.5, 0.6) is 5.75 Å². The molecule has 0 saturated carbocycles. The Labute approximate surface area is 158 Å². The molecular formula is C17H26BrClN2O3. The minimum Gasteiger partial charge on any atom is -0.496 e. The highest BCUT2D eigenvalue weighted by molar-refractivity contribution is 9.10. The topological polar surface area (TPSA) is 59.6 Å². The molecule has 2 N–H and O–H groups in total. The van der Waals surface area contributed by atoms with Crippen LogP contribution in [0.1, 0.15) is 31.4 Å². The summed E-state index contributed by atoms with van der Waals surface area (Å²) >= 11 is 3.49. The molecule has 5 nitrogen and oxygen atoms in total. The highest BCUT2D eigenvalue weighted by atomic mass is 79.9. The van der Waals surface area contributed by atoms with Gasteiger partial charge in [0.05, 0.1) is 29.6 Å². The summed E-state index contributed by atoms with van der Waals surface area (Å²) in [7, 11) is 3.29. The van der Waals surface area contributed by atoms with E-state index in [9.17, 15) is 4.79 Å². The predicted molar refractivity (Wildman–Crippen MR) is 101 cm³/mol. The molecule has 0 radical (unpaired) electrons. The van der Waals surface area contributed by atoms with Gasteiger partial charge in [0, 0.05) is 7.11 Å². The Kier molecular flexibility index (Phi) is 8.50. The molecule has 1 amide bonds. The van der Waals surface area contributed by atoms with Crippen molar-refractivity contribution in [1.29, 1.82) is 0 Å². The van der Waals surface area contributed by atoms with Crippen molar-refractivity contribution >= 4 is 34.2 Å². The molecule has 1 fully saturated rings. The third-order valence-corrected chi connectivity index (χ3v) is 5.11. The molecular weight excluding hydrogens is 396 g/mol. The van der Waals surface area contributed by atoms with Crippen LogP contribution in [0.2, 0.25) is 0 Å². The maximum absolute atomic E-state index is 12.8. The van der Waals surface area contributed by atoms with Crippen molar-refractivity contribution in [3.8, 4) is 5.75 Å². The zero-order valence-corrected chi connectivity index (χ0v) is 16.8. The lowest BCUT2D eigenvalue weighted by Gasteiger charge is -2.36. The lowest BCUT2D eigenvalue weighted by molar-refractivity contribution is -0.136. The molecule has 1 aliphatic rings. The number of rotatable bonds is 6. The fourth-order valence-corrected chi connectivity index (χ4v) is 3.56. The maximum Gasteiger partial charge on any atom is 0.229 e. The van der Waals surface area contributed by atoms with E-state index in [1.165, 1.54) is 0 Å². The Morgan fingerprint density at radius 1 is 1.38 bits per heavy atom. The van der Waals surface area contributed by atoms with Crippen molar-refractivity contribution < 1.29 is 14.3 Å². The largest absolute Gasteiger partial charge is 0.496 e. The molecule has 24 heavy (non-hydrogen) atoms. The van der Waals surface area contributed by atoms with Gasteiger partial charge in [-0.05, 0) is 66.5 Å². The first-order chi connectivity index (χ1) is 11.0. The fraction of sp³-hybridized carbons (Fsp3) is 0.588. The summed E-state index contributed by atoms with van der Waals surface area (Å²) in [5, 5.41) is 6.45. The molecule has 0 aromatic heterocycles. The Bertz CT molecular complexity index is 545. The minimum absolute atomic E-state index is 0. The van der Waals surface area contributed by atoms with E-state index in [1.54, 1.807) is 14.2 Å². The van der Waals surface area contributed by atoms with Crippen LogP contribution in [0.4, 0.5) is 0 Å². The van der Waals surface area contributed by atoms with Gasteiger partial charge in [0.1, 0.15) is 5.75 Å². The number of hydrogen-bond acceptors (Lipinski definition) is 4. The summed E-state index contributed by atoms with van der Waals surface area (Å²) < 4.78 is 11.5. The third-order valence-electron chi connectivity index (χ3n) is 4.49. The molecule has 2 rings (SSSR count). The van der Waals surface area contributed by atoms with Crippen molar-refractivity contribution in [3.05, 3.63) is 28.2 Å². The summed E-state index contributed by atoms with van der Waals surface area (Å²) in [6, 6.07) is 5.78. The molecule has 136 valence electrons. The second-order valence-electron chi connectivity index (χ2n) is 6.05.